The molecule has 1 rings (SSSR count). The Kier molecular flexibility index (Phi) is 9.71. The Hall–Kier alpha value is -2.09. The van der Waals surface area contributed by atoms with Gasteiger partial charge in [-0.2, -0.15) is 0 Å². The number of hydrogen-bond donors (Lipinski definition) is 3. The van der Waals surface area contributed by atoms with Gasteiger partial charge in [0.05, 0.1) is 0 Å². The highest BCUT2D eigenvalue weighted by molar-refractivity contribution is 5.89. The molecule has 138 valence electrons. The number of ether oxygens (including phenoxy) is 1. The van der Waals surface area contributed by atoms with Gasteiger partial charge in [-0.15, -0.1) is 0 Å². The maximum atomic E-state index is 11.8. The molecule has 1 heterocycles. The first kappa shape index (κ1) is 21.9. The molecule has 1 aliphatic heterocycles. The Balaban J connectivity index is 0.000000561. The van der Waals surface area contributed by atoms with Crippen molar-refractivity contribution in [3.63, 3.8) is 0 Å². The summed E-state index contributed by atoms with van der Waals surface area (Å²) in [6, 6.07) is 0. The minimum Gasteiger partial charge on any atom is -0.478 e. The van der Waals surface area contributed by atoms with Crippen molar-refractivity contribution >= 4 is 18.0 Å². The average molecular weight is 344 g/mol. The summed E-state index contributed by atoms with van der Waals surface area (Å²) in [4.78, 5) is 32.7. The number of amides is 1. The maximum absolute atomic E-state index is 11.8. The van der Waals surface area contributed by atoms with Gasteiger partial charge in [0.2, 0.25) is 0 Å². The third-order valence-electron chi connectivity index (χ3n) is 3.13. The van der Waals surface area contributed by atoms with Crippen LogP contribution in [0.25, 0.3) is 0 Å². The molecule has 0 bridgehead atoms. The van der Waals surface area contributed by atoms with Crippen LogP contribution in [-0.4, -0.2) is 65.4 Å². The second-order valence-electron chi connectivity index (χ2n) is 6.48. The van der Waals surface area contributed by atoms with Crippen LogP contribution in [0.15, 0.2) is 12.2 Å². The minimum atomic E-state index is -1.26. The van der Waals surface area contributed by atoms with Crippen LogP contribution < -0.4 is 5.32 Å². The molecule has 8 heteroatoms. The van der Waals surface area contributed by atoms with Crippen LogP contribution >= 0.6 is 0 Å². The van der Waals surface area contributed by atoms with E-state index in [-0.39, 0.29) is 11.7 Å². The van der Waals surface area contributed by atoms with E-state index in [9.17, 15) is 14.4 Å². The van der Waals surface area contributed by atoms with Gasteiger partial charge in [0.15, 0.2) is 0 Å². The molecule has 0 aromatic carbocycles. The number of nitrogens with zero attached hydrogens (tertiary/aromatic N) is 1. The van der Waals surface area contributed by atoms with Crippen molar-refractivity contribution in [2.75, 3.05) is 26.7 Å². The van der Waals surface area contributed by atoms with Crippen molar-refractivity contribution in [1.82, 2.24) is 10.2 Å². The van der Waals surface area contributed by atoms with Gasteiger partial charge in [-0.1, -0.05) is 0 Å². The van der Waals surface area contributed by atoms with Crippen molar-refractivity contribution in [3.05, 3.63) is 12.2 Å². The Labute approximate surface area is 142 Å². The predicted molar refractivity (Wildman–Crippen MR) is 88.9 cm³/mol. The molecule has 1 aliphatic rings. The number of hydrogen-bond acceptors (Lipinski definition) is 5. The zero-order chi connectivity index (χ0) is 18.8. The standard InChI is InChI=1S/C12H24N2O2.C4H4O4/c1-12(2,3)16-11(15)14-7-5-10(6-8-14)9-13-4;5-3(6)1-2-4(7)8/h10,13H,5-9H2,1-4H3;1-2H,(H,5,6)(H,7,8)/b;2-1+. The number of rotatable bonds is 4. The number of nitrogens with one attached hydrogen (secondary N) is 1. The number of aliphatic carboxylic acids is 2. The topological polar surface area (TPSA) is 116 Å². The fourth-order valence-electron chi connectivity index (χ4n) is 2.08. The largest absolute Gasteiger partial charge is 0.478 e. The third kappa shape index (κ3) is 11.5. The number of carboxylic acid groups (broad SMARTS) is 2. The highest BCUT2D eigenvalue weighted by Gasteiger charge is 2.26. The fraction of sp³-hybridized carbons (Fsp3) is 0.688. The van der Waals surface area contributed by atoms with Crippen LogP contribution in [0.2, 0.25) is 0 Å². The molecule has 3 N–H and O–H groups in total. The lowest BCUT2D eigenvalue weighted by Gasteiger charge is -2.33. The first-order valence-corrected chi connectivity index (χ1v) is 7.81. The molecule has 0 aliphatic carbocycles. The second kappa shape index (κ2) is 10.6. The lowest BCUT2D eigenvalue weighted by molar-refractivity contribution is -0.134. The molecule has 1 saturated heterocycles. The molecule has 1 fully saturated rings. The smallest absolute Gasteiger partial charge is 0.410 e. The quantitative estimate of drug-likeness (QED) is 0.663. The summed E-state index contributed by atoms with van der Waals surface area (Å²) in [6.45, 7) is 8.39. The molecule has 1 amide bonds. The number of carbonyl (C=O) groups is 3. The van der Waals surface area contributed by atoms with Gasteiger partial charge < -0.3 is 25.2 Å². The molecule has 0 atom stereocenters. The van der Waals surface area contributed by atoms with Crippen LogP contribution in [0.1, 0.15) is 33.6 Å². The van der Waals surface area contributed by atoms with Crippen LogP contribution in [-0.2, 0) is 14.3 Å². The Morgan fingerprint density at radius 2 is 1.58 bits per heavy atom. The summed E-state index contributed by atoms with van der Waals surface area (Å²) < 4.78 is 5.34. The van der Waals surface area contributed by atoms with Crippen LogP contribution in [0.4, 0.5) is 4.79 Å². The van der Waals surface area contributed by atoms with Gasteiger partial charge >= 0.3 is 18.0 Å². The van der Waals surface area contributed by atoms with Crippen molar-refractivity contribution in [3.8, 4) is 0 Å². The van der Waals surface area contributed by atoms with Crippen LogP contribution in [0.5, 0.6) is 0 Å². The van der Waals surface area contributed by atoms with Crippen molar-refractivity contribution in [2.24, 2.45) is 5.92 Å². The lowest BCUT2D eigenvalue weighted by atomic mass is 9.97. The number of carbonyl (C=O) groups excluding carboxylic acids is 1. The highest BCUT2D eigenvalue weighted by atomic mass is 16.6. The molecule has 0 spiro atoms. The zero-order valence-electron chi connectivity index (χ0n) is 14.7. The molecule has 0 saturated carbocycles. The zero-order valence-corrected chi connectivity index (χ0v) is 14.7. The summed E-state index contributed by atoms with van der Waals surface area (Å²) in [7, 11) is 1.97. The van der Waals surface area contributed by atoms with E-state index in [0.717, 1.165) is 32.5 Å². The molecule has 24 heavy (non-hydrogen) atoms. The molecule has 8 nitrogen and oxygen atoms in total. The SMILES string of the molecule is CNCC1CCN(C(=O)OC(C)(C)C)CC1.O=C(O)/C=C/C(=O)O. The summed E-state index contributed by atoms with van der Waals surface area (Å²) in [5.74, 6) is -1.82. The summed E-state index contributed by atoms with van der Waals surface area (Å²) in [6.07, 6.45) is 3.08. The minimum absolute atomic E-state index is 0.171. The molecule has 0 aromatic heterocycles. The molecular formula is C16H28N2O6. The van der Waals surface area contributed by atoms with E-state index in [2.05, 4.69) is 5.32 Å². The van der Waals surface area contributed by atoms with E-state index in [0.29, 0.717) is 18.1 Å². The van der Waals surface area contributed by atoms with Gasteiger partial charge in [0.1, 0.15) is 5.60 Å². The molecular weight excluding hydrogens is 316 g/mol. The van der Waals surface area contributed by atoms with Crippen LogP contribution in [0, 0.1) is 5.92 Å². The van der Waals surface area contributed by atoms with E-state index >= 15 is 0 Å². The fourth-order valence-corrected chi connectivity index (χ4v) is 2.08. The summed E-state index contributed by atoms with van der Waals surface area (Å²) in [5.41, 5.74) is -0.390. The number of piperidine rings is 1. The van der Waals surface area contributed by atoms with Gasteiger partial charge in [-0.05, 0) is 53.1 Å². The third-order valence-corrected chi connectivity index (χ3v) is 3.13. The number of carboxylic acids is 2. The Morgan fingerprint density at radius 3 is 1.92 bits per heavy atom. The lowest BCUT2D eigenvalue weighted by Crippen LogP contribution is -2.43. The monoisotopic (exact) mass is 344 g/mol. The summed E-state index contributed by atoms with van der Waals surface area (Å²) >= 11 is 0. The van der Waals surface area contributed by atoms with Crippen molar-refractivity contribution < 1.29 is 29.3 Å². The van der Waals surface area contributed by atoms with Gasteiger partial charge in [-0.25, -0.2) is 14.4 Å². The Bertz CT molecular complexity index is 432. The van der Waals surface area contributed by atoms with Gasteiger partial charge in [0, 0.05) is 25.2 Å². The van der Waals surface area contributed by atoms with Crippen molar-refractivity contribution in [1.29, 1.82) is 0 Å². The van der Waals surface area contributed by atoms with E-state index in [1.54, 1.807) is 0 Å². The van der Waals surface area contributed by atoms with E-state index in [4.69, 9.17) is 14.9 Å². The van der Waals surface area contributed by atoms with Gasteiger partial charge in [0.25, 0.3) is 0 Å². The Morgan fingerprint density at radius 1 is 1.12 bits per heavy atom. The van der Waals surface area contributed by atoms with Gasteiger partial charge in [-0.3, -0.25) is 0 Å². The molecule has 0 unspecified atom stereocenters. The first-order valence-electron chi connectivity index (χ1n) is 7.81. The first-order chi connectivity index (χ1) is 11.0. The highest BCUT2D eigenvalue weighted by Crippen LogP contribution is 2.18. The van der Waals surface area contributed by atoms with Crippen LogP contribution in [0.3, 0.4) is 0 Å². The number of likely N-dealkylation sites (tertiary alicyclic amines) is 1. The molecule has 0 aromatic rings. The molecule has 0 radical (unpaired) electrons. The van der Waals surface area contributed by atoms with E-state index in [1.807, 2.05) is 32.7 Å². The van der Waals surface area contributed by atoms with E-state index < -0.39 is 11.9 Å². The average Bonchev–Trinajstić information content (AvgIpc) is 2.45. The normalized spacial score (nSPS) is 15.6. The maximum Gasteiger partial charge on any atom is 0.410 e. The summed E-state index contributed by atoms with van der Waals surface area (Å²) in [5, 5.41) is 18.8. The predicted octanol–water partition coefficient (Wildman–Crippen LogP) is 1.56. The second-order valence-corrected chi connectivity index (χ2v) is 6.48. The van der Waals surface area contributed by atoms with Crippen molar-refractivity contribution in [2.45, 2.75) is 39.2 Å². The van der Waals surface area contributed by atoms with E-state index in [1.165, 1.54) is 0 Å².